The number of rotatable bonds is 2. The smallest absolute Gasteiger partial charge is 0.0956 e. The van der Waals surface area contributed by atoms with Crippen molar-refractivity contribution in [3.63, 3.8) is 0 Å². The van der Waals surface area contributed by atoms with E-state index in [0.717, 1.165) is 6.42 Å². The number of allylic oxidation sites excluding steroid dienone is 2. The number of hydrogen-bond acceptors (Lipinski definition) is 0. The van der Waals surface area contributed by atoms with E-state index in [-0.39, 0.29) is 5.83 Å². The molecule has 0 amide bonds. The lowest BCUT2D eigenvalue weighted by atomic mass is 10.3. The average molecular weight is 102 g/mol. The highest BCUT2D eigenvalue weighted by Crippen LogP contribution is 2.03. The Kier molecular flexibility index (Phi) is 3.67. The van der Waals surface area contributed by atoms with Crippen LogP contribution in [0, 0.1) is 0 Å². The monoisotopic (exact) mass is 102 g/mol. The van der Waals surface area contributed by atoms with E-state index in [2.05, 4.69) is 0 Å². The first-order valence-electron chi connectivity index (χ1n) is 2.62. The first kappa shape index (κ1) is 6.67. The van der Waals surface area contributed by atoms with E-state index in [1.54, 1.807) is 6.92 Å². The topological polar surface area (TPSA) is 0 Å². The van der Waals surface area contributed by atoms with Crippen LogP contribution in [0.3, 0.4) is 0 Å². The van der Waals surface area contributed by atoms with E-state index in [0.29, 0.717) is 6.42 Å². The van der Waals surface area contributed by atoms with Crippen molar-refractivity contribution in [1.82, 2.24) is 0 Å². The third kappa shape index (κ3) is 3.50. The molecule has 0 aliphatic carbocycles. The molecule has 0 rings (SSSR count). The zero-order valence-electron chi connectivity index (χ0n) is 4.87. The SMILES string of the molecule is C/C=C(\F)CCC. The van der Waals surface area contributed by atoms with Gasteiger partial charge in [0.2, 0.25) is 0 Å². The second-order valence-electron chi connectivity index (χ2n) is 1.49. The zero-order valence-corrected chi connectivity index (χ0v) is 4.87. The molecular formula is C6H11F. The first-order valence-corrected chi connectivity index (χ1v) is 2.62. The van der Waals surface area contributed by atoms with Gasteiger partial charge in [0.05, 0.1) is 5.83 Å². The van der Waals surface area contributed by atoms with Crippen molar-refractivity contribution in [2.75, 3.05) is 0 Å². The summed E-state index contributed by atoms with van der Waals surface area (Å²) < 4.78 is 12.0. The predicted octanol–water partition coefficient (Wildman–Crippen LogP) is 2.66. The van der Waals surface area contributed by atoms with Crippen LogP contribution < -0.4 is 0 Å². The van der Waals surface area contributed by atoms with Crippen LogP contribution in [0.15, 0.2) is 11.9 Å². The summed E-state index contributed by atoms with van der Waals surface area (Å²) in [6.45, 7) is 3.67. The predicted molar refractivity (Wildman–Crippen MR) is 29.8 cm³/mol. The maximum Gasteiger partial charge on any atom is 0.0956 e. The molecule has 0 aliphatic heterocycles. The number of halogens is 1. The summed E-state index contributed by atoms with van der Waals surface area (Å²) in [4.78, 5) is 0. The van der Waals surface area contributed by atoms with E-state index < -0.39 is 0 Å². The summed E-state index contributed by atoms with van der Waals surface area (Å²) in [6.07, 6.45) is 3.00. The van der Waals surface area contributed by atoms with Gasteiger partial charge in [0.1, 0.15) is 0 Å². The summed E-state index contributed by atoms with van der Waals surface area (Å²) in [5.74, 6) is 0.00231. The highest BCUT2D eigenvalue weighted by Gasteiger charge is 1.85. The van der Waals surface area contributed by atoms with Crippen molar-refractivity contribution in [1.29, 1.82) is 0 Å². The fourth-order valence-electron chi connectivity index (χ4n) is 0.383. The lowest BCUT2D eigenvalue weighted by molar-refractivity contribution is 0.582. The van der Waals surface area contributed by atoms with Gasteiger partial charge >= 0.3 is 0 Å². The van der Waals surface area contributed by atoms with Gasteiger partial charge in [-0.25, -0.2) is 4.39 Å². The Balaban J connectivity index is 3.17. The van der Waals surface area contributed by atoms with Gasteiger partial charge in [-0.1, -0.05) is 13.0 Å². The van der Waals surface area contributed by atoms with Crippen LogP contribution in [0.1, 0.15) is 26.7 Å². The lowest BCUT2D eigenvalue weighted by Crippen LogP contribution is -1.68. The van der Waals surface area contributed by atoms with Gasteiger partial charge in [0.15, 0.2) is 0 Å². The van der Waals surface area contributed by atoms with Gasteiger partial charge in [-0.05, 0) is 19.8 Å². The minimum atomic E-state index is 0.00231. The van der Waals surface area contributed by atoms with Crippen LogP contribution in [-0.4, -0.2) is 0 Å². The molecule has 1 heteroatoms. The van der Waals surface area contributed by atoms with E-state index in [1.807, 2.05) is 6.92 Å². The molecule has 0 bridgehead atoms. The van der Waals surface area contributed by atoms with Gasteiger partial charge in [-0.15, -0.1) is 0 Å². The minimum absolute atomic E-state index is 0.00231. The standard InChI is InChI=1S/C6H11F/c1-3-5-6(7)4-2/h4H,3,5H2,1-2H3/b6-4-. The Morgan fingerprint density at radius 3 is 2.43 bits per heavy atom. The van der Waals surface area contributed by atoms with Crippen LogP contribution in [0.2, 0.25) is 0 Å². The molecule has 0 N–H and O–H groups in total. The third-order valence-corrected chi connectivity index (χ3v) is 0.802. The van der Waals surface area contributed by atoms with Crippen LogP contribution in [0.25, 0.3) is 0 Å². The van der Waals surface area contributed by atoms with Crippen LogP contribution in [0.4, 0.5) is 4.39 Å². The molecule has 7 heavy (non-hydrogen) atoms. The second-order valence-corrected chi connectivity index (χ2v) is 1.49. The Labute approximate surface area is 44.0 Å². The molecule has 0 aromatic carbocycles. The molecule has 0 saturated heterocycles. The molecule has 0 unspecified atom stereocenters. The quantitative estimate of drug-likeness (QED) is 0.502. The molecule has 0 heterocycles. The molecule has 0 aromatic heterocycles. The van der Waals surface area contributed by atoms with Crippen molar-refractivity contribution >= 4 is 0 Å². The molecule has 0 fully saturated rings. The third-order valence-electron chi connectivity index (χ3n) is 0.802. The maximum atomic E-state index is 12.0. The fraction of sp³-hybridized carbons (Fsp3) is 0.667. The Morgan fingerprint density at radius 1 is 1.71 bits per heavy atom. The molecule has 0 aromatic rings. The van der Waals surface area contributed by atoms with E-state index in [4.69, 9.17) is 0 Å². The molecule has 0 atom stereocenters. The van der Waals surface area contributed by atoms with Crippen molar-refractivity contribution in [3.8, 4) is 0 Å². The normalized spacial score (nSPS) is 12.1. The van der Waals surface area contributed by atoms with Gasteiger partial charge in [0, 0.05) is 0 Å². The largest absolute Gasteiger partial charge is 0.212 e. The molecule has 0 saturated carbocycles. The van der Waals surface area contributed by atoms with Crippen molar-refractivity contribution in [2.24, 2.45) is 0 Å². The summed E-state index contributed by atoms with van der Waals surface area (Å²) in [5, 5.41) is 0. The van der Waals surface area contributed by atoms with E-state index >= 15 is 0 Å². The zero-order chi connectivity index (χ0) is 5.70. The summed E-state index contributed by atoms with van der Waals surface area (Å²) in [7, 11) is 0. The Bertz CT molecular complexity index is 64.6. The molecule has 0 aliphatic rings. The van der Waals surface area contributed by atoms with Gasteiger partial charge in [-0.2, -0.15) is 0 Å². The van der Waals surface area contributed by atoms with Crippen molar-refractivity contribution in [2.45, 2.75) is 26.7 Å². The van der Waals surface area contributed by atoms with E-state index in [9.17, 15) is 4.39 Å². The molecule has 0 spiro atoms. The first-order chi connectivity index (χ1) is 3.31. The molecule has 42 valence electrons. The van der Waals surface area contributed by atoms with Crippen LogP contribution in [0.5, 0.6) is 0 Å². The fourth-order valence-corrected chi connectivity index (χ4v) is 0.383. The van der Waals surface area contributed by atoms with Crippen molar-refractivity contribution in [3.05, 3.63) is 11.9 Å². The summed E-state index contributed by atoms with van der Waals surface area (Å²) >= 11 is 0. The average Bonchev–Trinajstić information content (AvgIpc) is 1.68. The Hall–Kier alpha value is -0.330. The van der Waals surface area contributed by atoms with Gasteiger partial charge in [0.25, 0.3) is 0 Å². The van der Waals surface area contributed by atoms with E-state index in [1.165, 1.54) is 6.08 Å². The van der Waals surface area contributed by atoms with Gasteiger partial charge in [-0.3, -0.25) is 0 Å². The summed E-state index contributed by atoms with van der Waals surface area (Å²) in [5.41, 5.74) is 0. The lowest BCUT2D eigenvalue weighted by Gasteiger charge is -1.86. The molecular weight excluding hydrogens is 91.1 g/mol. The van der Waals surface area contributed by atoms with Gasteiger partial charge < -0.3 is 0 Å². The highest BCUT2D eigenvalue weighted by molar-refractivity contribution is 4.86. The van der Waals surface area contributed by atoms with Crippen LogP contribution in [-0.2, 0) is 0 Å². The molecule has 0 radical (unpaired) electrons. The van der Waals surface area contributed by atoms with Crippen LogP contribution >= 0.6 is 0 Å². The minimum Gasteiger partial charge on any atom is -0.212 e. The molecule has 0 nitrogen and oxygen atoms in total. The van der Waals surface area contributed by atoms with Crippen molar-refractivity contribution < 1.29 is 4.39 Å². The maximum absolute atomic E-state index is 12.0. The Morgan fingerprint density at radius 2 is 2.29 bits per heavy atom. The number of hydrogen-bond donors (Lipinski definition) is 0. The second kappa shape index (κ2) is 3.85. The summed E-state index contributed by atoms with van der Waals surface area (Å²) in [6, 6.07) is 0. The highest BCUT2D eigenvalue weighted by atomic mass is 19.1.